The lowest BCUT2D eigenvalue weighted by Gasteiger charge is -2.10. The number of rotatable bonds is 7. The van der Waals surface area contributed by atoms with Gasteiger partial charge in [0.25, 0.3) is 0 Å². The van der Waals surface area contributed by atoms with Crippen LogP contribution in [0.15, 0.2) is 22.7 Å². The maximum atomic E-state index is 6.27. The van der Waals surface area contributed by atoms with Crippen LogP contribution in [0, 0.1) is 0 Å². The van der Waals surface area contributed by atoms with Gasteiger partial charge in [0.15, 0.2) is 0 Å². The van der Waals surface area contributed by atoms with E-state index in [0.29, 0.717) is 0 Å². The fourth-order valence-electron chi connectivity index (χ4n) is 2.35. The fourth-order valence-corrected chi connectivity index (χ4v) is 2.86. The van der Waals surface area contributed by atoms with Gasteiger partial charge < -0.3 is 9.30 Å². The van der Waals surface area contributed by atoms with Crippen LogP contribution in [0.1, 0.15) is 37.4 Å². The van der Waals surface area contributed by atoms with Gasteiger partial charge in [0.2, 0.25) is 0 Å². The van der Waals surface area contributed by atoms with Gasteiger partial charge in [-0.15, -0.1) is 11.6 Å². The highest BCUT2D eigenvalue weighted by Gasteiger charge is 2.14. The molecule has 5 heteroatoms. The summed E-state index contributed by atoms with van der Waals surface area (Å²) in [5.74, 6) is 0.950. The van der Waals surface area contributed by atoms with E-state index in [1.807, 2.05) is 19.1 Å². The topological polar surface area (TPSA) is 27.1 Å². The highest BCUT2D eigenvalue weighted by atomic mass is 79.9. The average molecular weight is 360 g/mol. The van der Waals surface area contributed by atoms with E-state index in [2.05, 4.69) is 31.5 Å². The predicted molar refractivity (Wildman–Crippen MR) is 87.4 cm³/mol. The Bertz CT molecular complexity index is 568. The van der Waals surface area contributed by atoms with Gasteiger partial charge in [-0.1, -0.05) is 15.9 Å². The lowest BCUT2D eigenvalue weighted by molar-refractivity contribution is 0.191. The first-order valence-electron chi connectivity index (χ1n) is 6.92. The highest BCUT2D eigenvalue weighted by molar-refractivity contribution is 9.10. The summed E-state index contributed by atoms with van der Waals surface area (Å²) >= 11 is 9.79. The van der Waals surface area contributed by atoms with Crippen molar-refractivity contribution in [3.63, 3.8) is 0 Å². The molecule has 0 aliphatic rings. The summed E-state index contributed by atoms with van der Waals surface area (Å²) in [7, 11) is 1.74. The Balaban J connectivity index is 2.19. The molecule has 0 amide bonds. The lowest BCUT2D eigenvalue weighted by atomic mass is 10.2. The maximum Gasteiger partial charge on any atom is 0.127 e. The van der Waals surface area contributed by atoms with Gasteiger partial charge in [-0.3, -0.25) is 0 Å². The summed E-state index contributed by atoms with van der Waals surface area (Å²) < 4.78 is 8.39. The molecular weight excluding hydrogens is 340 g/mol. The number of aryl methyl sites for hydroxylation is 1. The van der Waals surface area contributed by atoms with Gasteiger partial charge >= 0.3 is 0 Å². The van der Waals surface area contributed by atoms with Crippen molar-refractivity contribution < 1.29 is 4.74 Å². The predicted octanol–water partition coefficient (Wildman–Crippen LogP) is 4.92. The Hall–Kier alpha value is -0.580. The molecule has 0 fully saturated rings. The third-order valence-electron chi connectivity index (χ3n) is 3.33. The van der Waals surface area contributed by atoms with E-state index in [0.717, 1.165) is 53.7 Å². The van der Waals surface area contributed by atoms with Gasteiger partial charge in [0, 0.05) is 24.7 Å². The van der Waals surface area contributed by atoms with Crippen LogP contribution in [-0.2, 0) is 11.3 Å². The summed E-state index contributed by atoms with van der Waals surface area (Å²) in [6, 6.07) is 6.16. The standard InChI is InChI=1S/C15H20BrClN2O/c1-11(17)15-18-13-7-6-12(16)10-14(13)19(15)8-4-3-5-9-20-2/h6-7,10-11H,3-5,8-9H2,1-2H3. The van der Waals surface area contributed by atoms with Crippen LogP contribution >= 0.6 is 27.5 Å². The van der Waals surface area contributed by atoms with E-state index >= 15 is 0 Å². The van der Waals surface area contributed by atoms with Crippen LogP contribution in [0.2, 0.25) is 0 Å². The summed E-state index contributed by atoms with van der Waals surface area (Å²) in [5.41, 5.74) is 2.15. The summed E-state index contributed by atoms with van der Waals surface area (Å²) in [6.07, 6.45) is 3.36. The van der Waals surface area contributed by atoms with E-state index in [9.17, 15) is 0 Å². The molecule has 1 atom stereocenters. The normalized spacial score (nSPS) is 13.0. The van der Waals surface area contributed by atoms with E-state index in [1.165, 1.54) is 0 Å². The largest absolute Gasteiger partial charge is 0.385 e. The van der Waals surface area contributed by atoms with Gasteiger partial charge in [-0.25, -0.2) is 4.98 Å². The number of unbranched alkanes of at least 4 members (excludes halogenated alkanes) is 2. The van der Waals surface area contributed by atoms with Crippen LogP contribution in [0.3, 0.4) is 0 Å². The second-order valence-corrected chi connectivity index (χ2v) is 6.49. The van der Waals surface area contributed by atoms with Crippen molar-refractivity contribution in [2.45, 2.75) is 38.1 Å². The molecule has 1 aromatic carbocycles. The number of ether oxygens (including phenoxy) is 1. The number of nitrogens with zero attached hydrogens (tertiary/aromatic N) is 2. The molecule has 0 N–H and O–H groups in total. The quantitative estimate of drug-likeness (QED) is 0.518. The van der Waals surface area contributed by atoms with Gasteiger partial charge in [-0.2, -0.15) is 0 Å². The van der Waals surface area contributed by atoms with Gasteiger partial charge in [-0.05, 0) is 44.4 Å². The maximum absolute atomic E-state index is 6.27. The second-order valence-electron chi connectivity index (χ2n) is 4.92. The van der Waals surface area contributed by atoms with Crippen molar-refractivity contribution in [1.82, 2.24) is 9.55 Å². The monoisotopic (exact) mass is 358 g/mol. The number of aromatic nitrogens is 2. The van der Waals surface area contributed by atoms with Crippen LogP contribution in [0.25, 0.3) is 11.0 Å². The minimum atomic E-state index is -0.0832. The number of hydrogen-bond acceptors (Lipinski definition) is 2. The Morgan fingerprint density at radius 2 is 2.15 bits per heavy atom. The Morgan fingerprint density at radius 3 is 2.85 bits per heavy atom. The summed E-state index contributed by atoms with van der Waals surface area (Å²) in [4.78, 5) is 4.65. The third kappa shape index (κ3) is 3.74. The molecule has 0 saturated carbocycles. The number of hydrogen-bond donors (Lipinski definition) is 0. The summed E-state index contributed by atoms with van der Waals surface area (Å²) in [6.45, 7) is 3.75. The number of halogens is 2. The SMILES string of the molecule is COCCCCCn1c(C(C)Cl)nc2ccc(Br)cc21. The fraction of sp³-hybridized carbons (Fsp3) is 0.533. The molecule has 0 radical (unpaired) electrons. The van der Waals surface area contributed by atoms with Crippen molar-refractivity contribution in [1.29, 1.82) is 0 Å². The molecule has 0 aliphatic heterocycles. The third-order valence-corrected chi connectivity index (χ3v) is 4.01. The molecule has 0 spiro atoms. The van der Waals surface area contributed by atoms with Gasteiger partial charge in [0.1, 0.15) is 5.82 Å². The minimum absolute atomic E-state index is 0.0832. The highest BCUT2D eigenvalue weighted by Crippen LogP contribution is 2.27. The van der Waals surface area contributed by atoms with Crippen molar-refractivity contribution in [3.05, 3.63) is 28.5 Å². The van der Waals surface area contributed by atoms with Gasteiger partial charge in [0.05, 0.1) is 16.4 Å². The number of fused-ring (bicyclic) bond motifs is 1. The molecule has 110 valence electrons. The Morgan fingerprint density at radius 1 is 1.35 bits per heavy atom. The molecule has 2 aromatic rings. The first kappa shape index (κ1) is 15.8. The molecule has 20 heavy (non-hydrogen) atoms. The number of benzene rings is 1. The first-order valence-corrected chi connectivity index (χ1v) is 8.15. The Kier molecular flexibility index (Phi) is 5.87. The average Bonchev–Trinajstić information content (AvgIpc) is 2.77. The number of alkyl halides is 1. The lowest BCUT2D eigenvalue weighted by Crippen LogP contribution is -2.05. The zero-order valence-electron chi connectivity index (χ0n) is 11.9. The molecule has 1 heterocycles. The molecule has 0 bridgehead atoms. The molecular formula is C15H20BrClN2O. The number of methoxy groups -OCH3 is 1. The van der Waals surface area contributed by atoms with E-state index in [1.54, 1.807) is 7.11 Å². The zero-order valence-corrected chi connectivity index (χ0v) is 14.2. The first-order chi connectivity index (χ1) is 9.63. The zero-order chi connectivity index (χ0) is 14.5. The van der Waals surface area contributed by atoms with E-state index in [4.69, 9.17) is 16.3 Å². The van der Waals surface area contributed by atoms with Crippen molar-refractivity contribution in [2.75, 3.05) is 13.7 Å². The minimum Gasteiger partial charge on any atom is -0.385 e. The molecule has 3 nitrogen and oxygen atoms in total. The van der Waals surface area contributed by atoms with Crippen molar-refractivity contribution in [2.24, 2.45) is 0 Å². The van der Waals surface area contributed by atoms with Crippen LogP contribution in [0.4, 0.5) is 0 Å². The Labute approximate surface area is 133 Å². The summed E-state index contributed by atoms with van der Waals surface area (Å²) in [5, 5.41) is -0.0832. The number of imidazole rings is 1. The smallest absolute Gasteiger partial charge is 0.127 e. The van der Waals surface area contributed by atoms with Crippen molar-refractivity contribution >= 4 is 38.6 Å². The van der Waals surface area contributed by atoms with E-state index in [-0.39, 0.29) is 5.38 Å². The molecule has 0 saturated heterocycles. The second kappa shape index (κ2) is 7.43. The molecule has 2 rings (SSSR count). The van der Waals surface area contributed by atoms with Crippen molar-refractivity contribution in [3.8, 4) is 0 Å². The van der Waals surface area contributed by atoms with Crippen LogP contribution in [0.5, 0.6) is 0 Å². The molecule has 0 aliphatic carbocycles. The van der Waals surface area contributed by atoms with Crippen LogP contribution < -0.4 is 0 Å². The van der Waals surface area contributed by atoms with Crippen LogP contribution in [-0.4, -0.2) is 23.3 Å². The molecule has 1 unspecified atom stereocenters. The molecule has 1 aromatic heterocycles. The van der Waals surface area contributed by atoms with E-state index < -0.39 is 0 Å².